The molecular formula is C22H25FN6O4S. The van der Waals surface area contributed by atoms with Crippen molar-refractivity contribution < 1.29 is 22.3 Å². The van der Waals surface area contributed by atoms with Crippen LogP contribution in [0.15, 0.2) is 35.6 Å². The van der Waals surface area contributed by atoms with Crippen LogP contribution in [0.4, 0.5) is 14.9 Å². The van der Waals surface area contributed by atoms with Gasteiger partial charge in [-0.2, -0.15) is 10.4 Å². The maximum absolute atomic E-state index is 15.0. The number of nitriles is 1. The molecule has 180 valence electrons. The second kappa shape index (κ2) is 8.02. The summed E-state index contributed by atoms with van der Waals surface area (Å²) in [5.74, 6) is 0. The quantitative estimate of drug-likeness (QED) is 0.566. The van der Waals surface area contributed by atoms with Gasteiger partial charge in [0.25, 0.3) is 10.0 Å². The number of H-pyrrole nitrogens is 1. The number of rotatable bonds is 5. The summed E-state index contributed by atoms with van der Waals surface area (Å²) in [6.07, 6.45) is 3.30. The third kappa shape index (κ3) is 4.56. The molecule has 2 aromatic heterocycles. The summed E-state index contributed by atoms with van der Waals surface area (Å²) in [6.45, 7) is 6.47. The van der Waals surface area contributed by atoms with E-state index < -0.39 is 27.4 Å². The van der Waals surface area contributed by atoms with E-state index in [1.807, 2.05) is 6.92 Å². The van der Waals surface area contributed by atoms with Crippen LogP contribution in [0.25, 0.3) is 10.9 Å². The molecule has 1 amide bonds. The highest BCUT2D eigenvalue weighted by atomic mass is 32.2. The lowest BCUT2D eigenvalue weighted by Crippen LogP contribution is -2.63. The van der Waals surface area contributed by atoms with Crippen LogP contribution < -0.4 is 4.72 Å². The number of nitrogens with zero attached hydrogens (tertiary/aromatic N) is 4. The molecule has 4 rings (SSSR count). The predicted octanol–water partition coefficient (Wildman–Crippen LogP) is 3.30. The summed E-state index contributed by atoms with van der Waals surface area (Å²) in [6, 6.07) is 5.40. The molecule has 3 heterocycles. The fourth-order valence-electron chi connectivity index (χ4n) is 3.85. The molecule has 0 unspecified atom stereocenters. The van der Waals surface area contributed by atoms with Gasteiger partial charge in [-0.1, -0.05) is 6.07 Å². The Bertz CT molecular complexity index is 1410. The minimum absolute atomic E-state index is 0.139. The molecular weight excluding hydrogens is 463 g/mol. The molecule has 1 aromatic carbocycles. The Morgan fingerprint density at radius 3 is 2.74 bits per heavy atom. The van der Waals surface area contributed by atoms with E-state index in [2.05, 4.69) is 20.9 Å². The van der Waals surface area contributed by atoms with Crippen molar-refractivity contribution in [3.63, 3.8) is 0 Å². The van der Waals surface area contributed by atoms with E-state index in [0.29, 0.717) is 16.5 Å². The average Bonchev–Trinajstić information content (AvgIpc) is 3.34. The molecule has 0 radical (unpaired) electrons. The Hall–Kier alpha value is -3.59. The molecule has 1 aliphatic heterocycles. The van der Waals surface area contributed by atoms with Crippen molar-refractivity contribution in [2.24, 2.45) is 0 Å². The molecule has 10 nitrogen and oxygen atoms in total. The maximum Gasteiger partial charge on any atom is 0.410 e. The first-order chi connectivity index (χ1) is 15.8. The number of anilines is 1. The summed E-state index contributed by atoms with van der Waals surface area (Å²) < 4.78 is 49.8. The Morgan fingerprint density at radius 2 is 2.09 bits per heavy atom. The van der Waals surface area contributed by atoms with Crippen molar-refractivity contribution >= 4 is 32.7 Å². The van der Waals surface area contributed by atoms with Crippen LogP contribution in [-0.2, 0) is 21.3 Å². The van der Waals surface area contributed by atoms with E-state index in [0.717, 1.165) is 11.8 Å². The SMILES string of the molecule is Cc1ccc(NS(=O)(=O)c2cnn(CC3(F)CN(C(=O)OC(C)(C)C)C3)c2)c2[nH]cc(C#N)c12. The number of aromatic amines is 1. The maximum atomic E-state index is 15.0. The topological polar surface area (TPSA) is 133 Å². The van der Waals surface area contributed by atoms with Crippen LogP contribution in [0.2, 0.25) is 0 Å². The van der Waals surface area contributed by atoms with Crippen molar-refractivity contribution in [2.75, 3.05) is 17.8 Å². The average molecular weight is 489 g/mol. The summed E-state index contributed by atoms with van der Waals surface area (Å²) in [7, 11) is -4.03. The van der Waals surface area contributed by atoms with Crippen molar-refractivity contribution in [3.8, 4) is 6.07 Å². The highest BCUT2D eigenvalue weighted by Gasteiger charge is 2.47. The molecule has 0 saturated carbocycles. The first-order valence-electron chi connectivity index (χ1n) is 10.5. The third-order valence-corrected chi connectivity index (χ3v) is 6.69. The fraction of sp³-hybridized carbons (Fsp3) is 0.409. The van der Waals surface area contributed by atoms with Gasteiger partial charge in [0.05, 0.1) is 42.6 Å². The third-order valence-electron chi connectivity index (χ3n) is 5.37. The molecule has 12 heteroatoms. The number of aromatic nitrogens is 3. The van der Waals surface area contributed by atoms with Gasteiger partial charge < -0.3 is 14.6 Å². The van der Waals surface area contributed by atoms with Crippen molar-refractivity contribution in [2.45, 2.75) is 50.4 Å². The molecule has 0 spiro atoms. The lowest BCUT2D eigenvalue weighted by molar-refractivity contribution is -0.0593. The van der Waals surface area contributed by atoms with Crippen LogP contribution in [0.5, 0.6) is 0 Å². The van der Waals surface area contributed by atoms with E-state index in [1.54, 1.807) is 32.9 Å². The summed E-state index contributed by atoms with van der Waals surface area (Å²) in [5.41, 5.74) is -0.397. The molecule has 1 saturated heterocycles. The number of nitrogens with one attached hydrogen (secondary N) is 2. The van der Waals surface area contributed by atoms with Gasteiger partial charge in [-0.3, -0.25) is 9.40 Å². The van der Waals surface area contributed by atoms with Gasteiger partial charge in [0, 0.05) is 17.8 Å². The Labute approximate surface area is 196 Å². The largest absolute Gasteiger partial charge is 0.444 e. The van der Waals surface area contributed by atoms with Crippen LogP contribution >= 0.6 is 0 Å². The van der Waals surface area contributed by atoms with Crippen LogP contribution in [-0.4, -0.2) is 58.5 Å². The number of carbonyl (C=O) groups excluding carboxylic acids is 1. The number of alkyl halides is 1. The van der Waals surface area contributed by atoms with E-state index in [4.69, 9.17) is 4.74 Å². The number of amides is 1. The predicted molar refractivity (Wildman–Crippen MR) is 122 cm³/mol. The van der Waals surface area contributed by atoms with Crippen molar-refractivity contribution in [1.29, 1.82) is 5.26 Å². The number of halogens is 1. The first kappa shape index (κ1) is 23.6. The lowest BCUT2D eigenvalue weighted by atomic mass is 9.97. The molecule has 0 aliphatic carbocycles. The van der Waals surface area contributed by atoms with Crippen molar-refractivity contribution in [1.82, 2.24) is 19.7 Å². The van der Waals surface area contributed by atoms with E-state index in [9.17, 15) is 18.5 Å². The molecule has 1 fully saturated rings. The minimum Gasteiger partial charge on any atom is -0.444 e. The molecule has 0 atom stereocenters. The van der Waals surface area contributed by atoms with Crippen LogP contribution in [0, 0.1) is 18.3 Å². The number of hydrogen-bond acceptors (Lipinski definition) is 6. The zero-order valence-electron chi connectivity index (χ0n) is 19.2. The number of carbonyl (C=O) groups is 1. The zero-order chi connectivity index (χ0) is 24.9. The summed E-state index contributed by atoms with van der Waals surface area (Å²) in [5, 5.41) is 13.9. The summed E-state index contributed by atoms with van der Waals surface area (Å²) in [4.78, 5) is 16.1. The molecule has 3 aromatic rings. The Morgan fingerprint density at radius 1 is 1.38 bits per heavy atom. The monoisotopic (exact) mass is 488 g/mol. The first-order valence-corrected chi connectivity index (χ1v) is 12.0. The Kier molecular flexibility index (Phi) is 5.56. The number of likely N-dealkylation sites (tertiary alicyclic amines) is 1. The molecule has 1 aliphatic rings. The van der Waals surface area contributed by atoms with E-state index >= 15 is 4.39 Å². The number of sulfonamides is 1. The highest BCUT2D eigenvalue weighted by molar-refractivity contribution is 7.92. The summed E-state index contributed by atoms with van der Waals surface area (Å²) >= 11 is 0. The number of hydrogen-bond donors (Lipinski definition) is 2. The Balaban J connectivity index is 1.46. The van der Waals surface area contributed by atoms with E-state index in [-0.39, 0.29) is 30.2 Å². The second-order valence-electron chi connectivity index (χ2n) is 9.46. The van der Waals surface area contributed by atoms with Gasteiger partial charge in [-0.15, -0.1) is 0 Å². The number of fused-ring (bicyclic) bond motifs is 1. The lowest BCUT2D eigenvalue weighted by Gasteiger charge is -2.44. The number of ether oxygens (including phenoxy) is 1. The number of aryl methyl sites for hydroxylation is 1. The van der Waals surface area contributed by atoms with Gasteiger partial charge in [-0.05, 0) is 39.3 Å². The highest BCUT2D eigenvalue weighted by Crippen LogP contribution is 2.31. The van der Waals surface area contributed by atoms with E-state index in [1.165, 1.54) is 22.0 Å². The fourth-order valence-corrected chi connectivity index (χ4v) is 4.87. The van der Waals surface area contributed by atoms with Gasteiger partial charge in [-0.25, -0.2) is 17.6 Å². The molecule has 0 bridgehead atoms. The second-order valence-corrected chi connectivity index (χ2v) is 11.1. The van der Waals surface area contributed by atoms with Gasteiger partial charge in [0.15, 0.2) is 5.67 Å². The van der Waals surface area contributed by atoms with Crippen LogP contribution in [0.3, 0.4) is 0 Å². The van der Waals surface area contributed by atoms with Gasteiger partial charge in [0.2, 0.25) is 0 Å². The zero-order valence-corrected chi connectivity index (χ0v) is 20.0. The van der Waals surface area contributed by atoms with Gasteiger partial charge in [0.1, 0.15) is 16.6 Å². The number of benzene rings is 1. The van der Waals surface area contributed by atoms with Crippen LogP contribution in [0.1, 0.15) is 31.9 Å². The minimum atomic E-state index is -4.03. The molecule has 34 heavy (non-hydrogen) atoms. The smallest absolute Gasteiger partial charge is 0.410 e. The molecule has 2 N–H and O–H groups in total. The normalized spacial score (nSPS) is 15.6. The van der Waals surface area contributed by atoms with Gasteiger partial charge >= 0.3 is 6.09 Å². The standard InChI is InChI=1S/C22H25FN6O4S/c1-14-5-6-17(19-18(14)15(7-24)8-25-19)27-34(31,32)16-9-26-29(10-16)13-22(23)11-28(12-22)20(30)33-21(2,3)4/h5-6,8-10,25,27H,11-13H2,1-4H3. The van der Waals surface area contributed by atoms with Crippen molar-refractivity contribution in [3.05, 3.63) is 41.9 Å².